The maximum absolute atomic E-state index is 10.9. The predicted molar refractivity (Wildman–Crippen MR) is 93.3 cm³/mol. The summed E-state index contributed by atoms with van der Waals surface area (Å²) in [6.45, 7) is 1.11. The Hall–Kier alpha value is -1.06. The summed E-state index contributed by atoms with van der Waals surface area (Å²) in [4.78, 5) is 20.9. The number of ether oxygens (including phenoxy) is 2. The number of esters is 1. The molecule has 23 heavy (non-hydrogen) atoms. The van der Waals surface area contributed by atoms with E-state index >= 15 is 0 Å². The summed E-state index contributed by atoms with van der Waals surface area (Å²) >= 11 is 0. The first-order chi connectivity index (χ1) is 11.3. The van der Waals surface area contributed by atoms with E-state index in [1.54, 1.807) is 0 Å². The average molecular weight is 328 g/mol. The highest BCUT2D eigenvalue weighted by atomic mass is 16.5. The maximum Gasteiger partial charge on any atom is 0.305 e. The van der Waals surface area contributed by atoms with Crippen molar-refractivity contribution in [3.63, 3.8) is 0 Å². The average Bonchev–Trinajstić information content (AvgIpc) is 2.57. The van der Waals surface area contributed by atoms with E-state index in [2.05, 4.69) is 9.47 Å². The number of hydrogen-bond donors (Lipinski definition) is 0. The van der Waals surface area contributed by atoms with Crippen molar-refractivity contribution in [3.8, 4) is 0 Å². The molecule has 136 valence electrons. The van der Waals surface area contributed by atoms with Gasteiger partial charge in [0.25, 0.3) is 6.47 Å². The Morgan fingerprint density at radius 3 is 1.48 bits per heavy atom. The second-order valence-electron chi connectivity index (χ2n) is 6.24. The minimum atomic E-state index is -0.0840. The Morgan fingerprint density at radius 2 is 1.09 bits per heavy atom. The van der Waals surface area contributed by atoms with Crippen molar-refractivity contribution >= 4 is 12.4 Å². The fourth-order valence-electron chi connectivity index (χ4n) is 2.73. The molecule has 0 N–H and O–H groups in total. The fourth-order valence-corrected chi connectivity index (χ4v) is 2.73. The fraction of sp³-hybridized carbons (Fsp3) is 0.895. The molecule has 0 fully saturated rings. The van der Waals surface area contributed by atoms with Gasteiger partial charge >= 0.3 is 5.97 Å². The molecule has 0 rings (SSSR count). The monoisotopic (exact) mass is 328 g/mol. The van der Waals surface area contributed by atoms with Crippen LogP contribution >= 0.6 is 0 Å². The van der Waals surface area contributed by atoms with E-state index in [4.69, 9.17) is 0 Å². The van der Waals surface area contributed by atoms with Gasteiger partial charge in [-0.05, 0) is 12.8 Å². The number of carbonyl (C=O) groups excluding carboxylic acids is 2. The molecule has 0 aromatic heterocycles. The third-order valence-corrected chi connectivity index (χ3v) is 4.19. The van der Waals surface area contributed by atoms with Crippen molar-refractivity contribution in [2.45, 2.75) is 96.3 Å². The zero-order valence-electron chi connectivity index (χ0n) is 15.0. The van der Waals surface area contributed by atoms with E-state index in [1.807, 2.05) is 0 Å². The van der Waals surface area contributed by atoms with Crippen LogP contribution in [0.15, 0.2) is 0 Å². The topological polar surface area (TPSA) is 52.6 Å². The molecule has 4 nitrogen and oxygen atoms in total. The minimum Gasteiger partial charge on any atom is -0.469 e. The third-order valence-electron chi connectivity index (χ3n) is 4.19. The molecular formula is C19H36O4. The number of unbranched alkanes of at least 4 members (excludes halogenated alkanes) is 13. The van der Waals surface area contributed by atoms with Crippen LogP contribution in [0.1, 0.15) is 96.3 Å². The van der Waals surface area contributed by atoms with Crippen LogP contribution in [0.3, 0.4) is 0 Å². The van der Waals surface area contributed by atoms with Crippen LogP contribution in [-0.2, 0) is 19.1 Å². The van der Waals surface area contributed by atoms with Crippen LogP contribution in [0.4, 0.5) is 0 Å². The van der Waals surface area contributed by atoms with Crippen LogP contribution in [0.2, 0.25) is 0 Å². The number of methoxy groups -OCH3 is 1. The van der Waals surface area contributed by atoms with Gasteiger partial charge in [-0.15, -0.1) is 0 Å². The van der Waals surface area contributed by atoms with E-state index in [1.165, 1.54) is 77.7 Å². The molecule has 0 bridgehead atoms. The van der Waals surface area contributed by atoms with Gasteiger partial charge in [0.2, 0.25) is 0 Å². The lowest BCUT2D eigenvalue weighted by Gasteiger charge is -2.03. The summed E-state index contributed by atoms with van der Waals surface area (Å²) in [6.07, 6.45) is 18.0. The molecule has 0 radical (unpaired) electrons. The van der Waals surface area contributed by atoms with E-state index in [9.17, 15) is 9.59 Å². The van der Waals surface area contributed by atoms with E-state index < -0.39 is 0 Å². The summed E-state index contributed by atoms with van der Waals surface area (Å²) in [7, 11) is 1.45. The van der Waals surface area contributed by atoms with Crippen LogP contribution < -0.4 is 0 Å². The molecular weight excluding hydrogens is 292 g/mol. The quantitative estimate of drug-likeness (QED) is 0.197. The number of carbonyl (C=O) groups is 2. The van der Waals surface area contributed by atoms with Gasteiger partial charge < -0.3 is 9.47 Å². The van der Waals surface area contributed by atoms with Crippen LogP contribution in [-0.4, -0.2) is 26.2 Å². The Balaban J connectivity index is 3.00. The van der Waals surface area contributed by atoms with Gasteiger partial charge in [-0.3, -0.25) is 9.59 Å². The lowest BCUT2D eigenvalue weighted by atomic mass is 10.0. The largest absolute Gasteiger partial charge is 0.469 e. The predicted octanol–water partition coefficient (Wildman–Crippen LogP) is 5.18. The number of hydrogen-bond acceptors (Lipinski definition) is 4. The smallest absolute Gasteiger partial charge is 0.305 e. The summed E-state index contributed by atoms with van der Waals surface area (Å²) in [6, 6.07) is 0. The first-order valence-electron chi connectivity index (χ1n) is 9.43. The Morgan fingerprint density at radius 1 is 0.696 bits per heavy atom. The summed E-state index contributed by atoms with van der Waals surface area (Å²) in [5.74, 6) is -0.0840. The van der Waals surface area contributed by atoms with Crippen molar-refractivity contribution in [1.82, 2.24) is 0 Å². The van der Waals surface area contributed by atoms with Crippen molar-refractivity contribution in [1.29, 1.82) is 0 Å². The van der Waals surface area contributed by atoms with Crippen LogP contribution in [0.5, 0.6) is 0 Å². The van der Waals surface area contributed by atoms with E-state index in [-0.39, 0.29) is 5.97 Å². The van der Waals surface area contributed by atoms with Crippen molar-refractivity contribution in [3.05, 3.63) is 0 Å². The molecule has 0 heterocycles. The first kappa shape index (κ1) is 21.9. The summed E-state index contributed by atoms with van der Waals surface area (Å²) < 4.78 is 9.28. The zero-order chi connectivity index (χ0) is 17.0. The van der Waals surface area contributed by atoms with Gasteiger partial charge in [0, 0.05) is 6.42 Å². The molecule has 0 unspecified atom stereocenters. The Kier molecular flexibility index (Phi) is 18.1. The molecule has 4 heteroatoms. The van der Waals surface area contributed by atoms with Gasteiger partial charge in [0.15, 0.2) is 0 Å². The minimum absolute atomic E-state index is 0.0840. The summed E-state index contributed by atoms with van der Waals surface area (Å²) in [5.41, 5.74) is 0. The lowest BCUT2D eigenvalue weighted by molar-refractivity contribution is -0.140. The highest BCUT2D eigenvalue weighted by Crippen LogP contribution is 2.13. The summed E-state index contributed by atoms with van der Waals surface area (Å²) in [5, 5.41) is 0. The molecule has 0 amide bonds. The highest BCUT2D eigenvalue weighted by Gasteiger charge is 1.99. The zero-order valence-corrected chi connectivity index (χ0v) is 15.0. The van der Waals surface area contributed by atoms with E-state index in [0.29, 0.717) is 19.5 Å². The van der Waals surface area contributed by atoms with Gasteiger partial charge in [0.1, 0.15) is 0 Å². The molecule has 0 aromatic rings. The molecule has 0 aliphatic rings. The van der Waals surface area contributed by atoms with Gasteiger partial charge in [-0.25, -0.2) is 0 Å². The third kappa shape index (κ3) is 18.9. The first-order valence-corrected chi connectivity index (χ1v) is 9.43. The second-order valence-corrected chi connectivity index (χ2v) is 6.24. The molecule has 0 spiro atoms. The molecule has 0 atom stereocenters. The van der Waals surface area contributed by atoms with Crippen LogP contribution in [0, 0.1) is 0 Å². The molecule has 0 saturated heterocycles. The van der Waals surface area contributed by atoms with Gasteiger partial charge in [-0.1, -0.05) is 77.0 Å². The molecule has 0 aliphatic heterocycles. The van der Waals surface area contributed by atoms with Crippen molar-refractivity contribution in [2.24, 2.45) is 0 Å². The maximum atomic E-state index is 10.9. The Bertz CT molecular complexity index is 266. The van der Waals surface area contributed by atoms with E-state index in [0.717, 1.165) is 19.3 Å². The second kappa shape index (κ2) is 19.0. The SMILES string of the molecule is COC(=O)CCCCCCCCCCCCCCCCOC=O. The molecule has 0 aliphatic carbocycles. The van der Waals surface area contributed by atoms with Crippen molar-refractivity contribution in [2.75, 3.05) is 13.7 Å². The van der Waals surface area contributed by atoms with Gasteiger partial charge in [-0.2, -0.15) is 0 Å². The Labute approximate surface area is 142 Å². The molecule has 0 aromatic carbocycles. The normalized spacial score (nSPS) is 10.5. The number of rotatable bonds is 18. The van der Waals surface area contributed by atoms with Crippen LogP contribution in [0.25, 0.3) is 0 Å². The van der Waals surface area contributed by atoms with Crippen molar-refractivity contribution < 1.29 is 19.1 Å². The van der Waals surface area contributed by atoms with Gasteiger partial charge in [0.05, 0.1) is 13.7 Å². The molecule has 0 saturated carbocycles. The lowest BCUT2D eigenvalue weighted by Crippen LogP contribution is -1.99. The standard InChI is InChI=1S/C19H36O4/c1-22-19(21)16-14-12-10-8-6-4-2-3-5-7-9-11-13-15-17-23-18-20/h18H,2-17H2,1H3. The highest BCUT2D eigenvalue weighted by molar-refractivity contribution is 5.68.